The summed E-state index contributed by atoms with van der Waals surface area (Å²) < 4.78 is 2.64. The number of hydrogen-bond donors (Lipinski definition) is 1. The first-order valence-corrected chi connectivity index (χ1v) is 9.16. The number of rotatable bonds is 5. The molecule has 0 aliphatic carbocycles. The van der Waals surface area contributed by atoms with Gasteiger partial charge in [-0.15, -0.1) is 11.3 Å². The third-order valence-corrected chi connectivity index (χ3v) is 4.96. The number of nitrogens with zero attached hydrogens (tertiary/aromatic N) is 3. The maximum absolute atomic E-state index is 12.4. The Balaban J connectivity index is 1.37. The highest BCUT2D eigenvalue weighted by atomic mass is 32.1. The minimum Gasteiger partial charge on any atom is -0.326 e. The summed E-state index contributed by atoms with van der Waals surface area (Å²) in [6, 6.07) is 12.9. The topological polar surface area (TPSA) is 76.9 Å². The van der Waals surface area contributed by atoms with Crippen molar-refractivity contribution in [2.45, 2.75) is 19.4 Å². The molecule has 0 aliphatic heterocycles. The smallest absolute Gasteiger partial charge is 0.261 e. The molecule has 0 aliphatic rings. The van der Waals surface area contributed by atoms with Gasteiger partial charge in [-0.05, 0) is 36.8 Å². The molecule has 0 saturated carbocycles. The first-order chi connectivity index (χ1) is 12.7. The minimum absolute atomic E-state index is 0.0787. The average molecular weight is 364 g/mol. The molecular formula is C19H16N4O2S. The number of hydrogen-bond acceptors (Lipinski definition) is 5. The minimum atomic E-state index is -0.0821. The molecular weight excluding hydrogens is 348 g/mol. The van der Waals surface area contributed by atoms with Crippen LogP contribution in [0.5, 0.6) is 0 Å². The Kier molecular flexibility index (Phi) is 4.45. The van der Waals surface area contributed by atoms with E-state index >= 15 is 0 Å². The van der Waals surface area contributed by atoms with Crippen LogP contribution in [-0.2, 0) is 11.3 Å². The van der Waals surface area contributed by atoms with E-state index in [1.54, 1.807) is 33.8 Å². The average Bonchev–Trinajstić information content (AvgIpc) is 3.11. The summed E-state index contributed by atoms with van der Waals surface area (Å²) in [6.45, 7) is 0.454. The van der Waals surface area contributed by atoms with Crippen LogP contribution in [0.15, 0.2) is 59.1 Å². The monoisotopic (exact) mass is 364 g/mol. The molecule has 2 aromatic carbocycles. The van der Waals surface area contributed by atoms with Gasteiger partial charge < -0.3 is 5.32 Å². The number of carbonyl (C=O) groups excluding carboxylic acids is 1. The van der Waals surface area contributed by atoms with Crippen molar-refractivity contribution in [1.29, 1.82) is 0 Å². The van der Waals surface area contributed by atoms with E-state index in [0.29, 0.717) is 30.3 Å². The molecule has 0 saturated heterocycles. The van der Waals surface area contributed by atoms with E-state index in [2.05, 4.69) is 15.3 Å². The second kappa shape index (κ2) is 7.05. The molecule has 0 fully saturated rings. The van der Waals surface area contributed by atoms with Gasteiger partial charge in [-0.2, -0.15) is 0 Å². The molecule has 0 radical (unpaired) electrons. The van der Waals surface area contributed by atoms with Crippen molar-refractivity contribution in [2.24, 2.45) is 0 Å². The number of fused-ring (bicyclic) bond motifs is 2. The van der Waals surface area contributed by atoms with Gasteiger partial charge in [0.05, 0.1) is 33.0 Å². The van der Waals surface area contributed by atoms with E-state index in [9.17, 15) is 9.59 Å². The summed E-state index contributed by atoms with van der Waals surface area (Å²) in [7, 11) is 0. The largest absolute Gasteiger partial charge is 0.326 e. The molecule has 1 N–H and O–H groups in total. The Labute approximate surface area is 153 Å². The summed E-state index contributed by atoms with van der Waals surface area (Å²) in [5.74, 6) is -0.0821. The van der Waals surface area contributed by atoms with Crippen molar-refractivity contribution in [2.75, 3.05) is 5.32 Å². The lowest BCUT2D eigenvalue weighted by Gasteiger charge is -2.07. The normalized spacial score (nSPS) is 11.1. The van der Waals surface area contributed by atoms with Gasteiger partial charge >= 0.3 is 0 Å². The number of aromatic nitrogens is 3. The fourth-order valence-corrected chi connectivity index (χ4v) is 3.49. The molecule has 4 aromatic rings. The molecule has 7 heteroatoms. The van der Waals surface area contributed by atoms with Crippen LogP contribution in [0.25, 0.3) is 21.1 Å². The molecule has 0 unspecified atom stereocenters. The predicted octanol–water partition coefficient (Wildman–Crippen LogP) is 3.43. The van der Waals surface area contributed by atoms with Crippen LogP contribution in [0.2, 0.25) is 0 Å². The summed E-state index contributed by atoms with van der Waals surface area (Å²) in [5, 5.41) is 3.47. The molecule has 0 atom stereocenters. The van der Waals surface area contributed by atoms with E-state index in [1.165, 1.54) is 0 Å². The summed E-state index contributed by atoms with van der Waals surface area (Å²) in [4.78, 5) is 33.1. The highest BCUT2D eigenvalue weighted by Crippen LogP contribution is 2.21. The fraction of sp³-hybridized carbons (Fsp3) is 0.158. The number of anilines is 1. The molecule has 2 heterocycles. The zero-order chi connectivity index (χ0) is 17.9. The van der Waals surface area contributed by atoms with Crippen molar-refractivity contribution < 1.29 is 4.79 Å². The van der Waals surface area contributed by atoms with Crippen LogP contribution in [-0.4, -0.2) is 20.4 Å². The van der Waals surface area contributed by atoms with Gasteiger partial charge in [0.25, 0.3) is 5.56 Å². The molecule has 4 rings (SSSR count). The van der Waals surface area contributed by atoms with Gasteiger partial charge in [-0.25, -0.2) is 9.97 Å². The van der Waals surface area contributed by atoms with E-state index in [4.69, 9.17) is 0 Å². The highest BCUT2D eigenvalue weighted by molar-refractivity contribution is 7.16. The molecule has 1 amide bonds. The first-order valence-electron chi connectivity index (χ1n) is 8.28. The van der Waals surface area contributed by atoms with Crippen molar-refractivity contribution >= 4 is 44.1 Å². The van der Waals surface area contributed by atoms with Crippen LogP contribution in [0.1, 0.15) is 12.8 Å². The third-order valence-electron chi connectivity index (χ3n) is 4.15. The lowest BCUT2D eigenvalue weighted by atomic mass is 10.2. The van der Waals surface area contributed by atoms with Gasteiger partial charge in [-0.3, -0.25) is 14.2 Å². The quantitative estimate of drug-likeness (QED) is 0.589. The first kappa shape index (κ1) is 16.4. The number of aryl methyl sites for hydroxylation is 1. The molecule has 26 heavy (non-hydrogen) atoms. The van der Waals surface area contributed by atoms with Crippen molar-refractivity contribution in [1.82, 2.24) is 14.5 Å². The maximum atomic E-state index is 12.4. The van der Waals surface area contributed by atoms with E-state index < -0.39 is 0 Å². The van der Waals surface area contributed by atoms with Gasteiger partial charge in [0, 0.05) is 18.7 Å². The number of benzene rings is 2. The molecule has 6 nitrogen and oxygen atoms in total. The number of carbonyl (C=O) groups is 1. The number of amides is 1. The lowest BCUT2D eigenvalue weighted by Crippen LogP contribution is -2.21. The zero-order valence-corrected chi connectivity index (χ0v) is 14.7. The Morgan fingerprint density at radius 2 is 2.00 bits per heavy atom. The van der Waals surface area contributed by atoms with Crippen LogP contribution in [0.3, 0.4) is 0 Å². The van der Waals surface area contributed by atoms with Crippen molar-refractivity contribution in [3.8, 4) is 0 Å². The van der Waals surface area contributed by atoms with Gasteiger partial charge in [0.2, 0.25) is 5.91 Å². The predicted molar refractivity (Wildman–Crippen MR) is 103 cm³/mol. The van der Waals surface area contributed by atoms with E-state index in [-0.39, 0.29) is 11.5 Å². The summed E-state index contributed by atoms with van der Waals surface area (Å²) in [5.41, 5.74) is 4.00. The van der Waals surface area contributed by atoms with Crippen LogP contribution < -0.4 is 10.9 Å². The Hall–Kier alpha value is -3.06. The summed E-state index contributed by atoms with van der Waals surface area (Å²) >= 11 is 1.57. The molecule has 0 spiro atoms. The Bertz CT molecular complexity index is 1150. The van der Waals surface area contributed by atoms with Crippen LogP contribution >= 0.6 is 11.3 Å². The Morgan fingerprint density at radius 1 is 1.12 bits per heavy atom. The van der Waals surface area contributed by atoms with Gasteiger partial charge in [0.15, 0.2) is 0 Å². The zero-order valence-electron chi connectivity index (χ0n) is 13.9. The number of nitrogens with one attached hydrogen (secondary N) is 1. The Morgan fingerprint density at radius 3 is 2.92 bits per heavy atom. The SMILES string of the molecule is O=C(CCCn1cnc2ccccc2c1=O)Nc1ccc2scnc2c1. The van der Waals surface area contributed by atoms with Gasteiger partial charge in [-0.1, -0.05) is 12.1 Å². The van der Waals surface area contributed by atoms with Gasteiger partial charge in [0.1, 0.15) is 0 Å². The van der Waals surface area contributed by atoms with Crippen LogP contribution in [0, 0.1) is 0 Å². The van der Waals surface area contributed by atoms with Crippen molar-refractivity contribution in [3.05, 3.63) is 64.7 Å². The molecule has 0 bridgehead atoms. The number of thiazole rings is 1. The standard InChI is InChI=1S/C19H16N4O2S/c24-18(22-13-7-8-17-16(10-13)21-12-26-17)6-3-9-23-11-20-15-5-2-1-4-14(15)19(23)25/h1-2,4-5,7-8,10-12H,3,6,9H2,(H,22,24). The second-order valence-electron chi connectivity index (χ2n) is 5.95. The third kappa shape index (κ3) is 3.34. The lowest BCUT2D eigenvalue weighted by molar-refractivity contribution is -0.116. The van der Waals surface area contributed by atoms with Crippen molar-refractivity contribution in [3.63, 3.8) is 0 Å². The van der Waals surface area contributed by atoms with E-state index in [0.717, 1.165) is 15.9 Å². The molecule has 130 valence electrons. The molecule has 2 aromatic heterocycles. The summed E-state index contributed by atoms with van der Waals surface area (Å²) in [6.07, 6.45) is 2.43. The van der Waals surface area contributed by atoms with E-state index in [1.807, 2.05) is 36.4 Å². The second-order valence-corrected chi connectivity index (χ2v) is 6.83. The fourth-order valence-electron chi connectivity index (χ4n) is 2.83. The number of para-hydroxylation sites is 1. The highest BCUT2D eigenvalue weighted by Gasteiger charge is 2.07. The maximum Gasteiger partial charge on any atom is 0.261 e. The van der Waals surface area contributed by atoms with Crippen LogP contribution in [0.4, 0.5) is 5.69 Å².